The van der Waals surface area contributed by atoms with Gasteiger partial charge in [-0.2, -0.15) is 0 Å². The van der Waals surface area contributed by atoms with Crippen molar-refractivity contribution >= 4 is 41.0 Å². The molecule has 0 fully saturated rings. The smallest absolute Gasteiger partial charge is 0.326 e. The van der Waals surface area contributed by atoms with E-state index in [0.29, 0.717) is 0 Å². The molecule has 0 aromatic heterocycles. The molecular formula is C11H9Cl2FN2O4. The lowest BCUT2D eigenvalue weighted by Gasteiger charge is -2.13. The van der Waals surface area contributed by atoms with Crippen LogP contribution in [0.15, 0.2) is 12.1 Å². The summed E-state index contributed by atoms with van der Waals surface area (Å²) in [5.41, 5.74) is 4.56. The van der Waals surface area contributed by atoms with Crippen molar-refractivity contribution < 1.29 is 23.9 Å². The fraction of sp³-hybridized carbons (Fsp3) is 0.182. The predicted molar refractivity (Wildman–Crippen MR) is 69.1 cm³/mol. The number of hydrogen-bond donors (Lipinski definition) is 3. The quantitative estimate of drug-likeness (QED) is 0.707. The second kappa shape index (κ2) is 6.53. The summed E-state index contributed by atoms with van der Waals surface area (Å²) in [6.07, 6.45) is -0.602. The number of carbonyl (C=O) groups is 3. The van der Waals surface area contributed by atoms with Crippen molar-refractivity contribution in [2.75, 3.05) is 0 Å². The third kappa shape index (κ3) is 4.07. The van der Waals surface area contributed by atoms with E-state index in [1.165, 1.54) is 0 Å². The molecule has 1 rings (SSSR count). The van der Waals surface area contributed by atoms with Crippen molar-refractivity contribution in [1.82, 2.24) is 5.32 Å². The number of rotatable bonds is 5. The highest BCUT2D eigenvalue weighted by Gasteiger charge is 2.24. The van der Waals surface area contributed by atoms with Crippen LogP contribution in [0.2, 0.25) is 10.0 Å². The zero-order valence-corrected chi connectivity index (χ0v) is 11.3. The lowest BCUT2D eigenvalue weighted by molar-refractivity contribution is -0.140. The first-order chi connectivity index (χ1) is 9.22. The van der Waals surface area contributed by atoms with Crippen LogP contribution >= 0.6 is 23.2 Å². The Kier molecular flexibility index (Phi) is 5.29. The first kappa shape index (κ1) is 16.2. The van der Waals surface area contributed by atoms with E-state index in [1.54, 1.807) is 0 Å². The molecule has 1 aromatic rings. The number of carbonyl (C=O) groups excluding carboxylic acids is 2. The third-order valence-corrected chi connectivity index (χ3v) is 2.87. The number of hydrogen-bond acceptors (Lipinski definition) is 3. The average Bonchev–Trinajstić information content (AvgIpc) is 2.32. The van der Waals surface area contributed by atoms with Crippen molar-refractivity contribution in [1.29, 1.82) is 0 Å². The molecule has 0 spiro atoms. The number of nitrogens with one attached hydrogen (secondary N) is 1. The molecule has 108 valence electrons. The van der Waals surface area contributed by atoms with Gasteiger partial charge in [0, 0.05) is 0 Å². The first-order valence-electron chi connectivity index (χ1n) is 5.19. The van der Waals surface area contributed by atoms with Gasteiger partial charge < -0.3 is 16.2 Å². The van der Waals surface area contributed by atoms with Gasteiger partial charge in [-0.25, -0.2) is 9.18 Å². The molecule has 1 unspecified atom stereocenters. The minimum absolute atomic E-state index is 0.155. The number of carboxylic acid groups (broad SMARTS) is 1. The Morgan fingerprint density at radius 2 is 1.90 bits per heavy atom. The number of halogens is 3. The lowest BCUT2D eigenvalue weighted by Crippen LogP contribution is -2.43. The molecule has 9 heteroatoms. The number of aliphatic carboxylic acids is 1. The maximum atomic E-state index is 13.3. The fourth-order valence-corrected chi connectivity index (χ4v) is 1.80. The lowest BCUT2D eigenvalue weighted by atomic mass is 10.1. The summed E-state index contributed by atoms with van der Waals surface area (Å²) < 4.78 is 13.3. The minimum atomic E-state index is -1.53. The molecule has 0 bridgehead atoms. The number of primary amides is 1. The molecule has 4 N–H and O–H groups in total. The van der Waals surface area contributed by atoms with Crippen LogP contribution < -0.4 is 11.1 Å². The van der Waals surface area contributed by atoms with Gasteiger partial charge in [0.05, 0.1) is 22.0 Å². The number of benzene rings is 1. The van der Waals surface area contributed by atoms with E-state index < -0.39 is 36.1 Å². The topological polar surface area (TPSA) is 109 Å². The van der Waals surface area contributed by atoms with Crippen LogP contribution in [-0.2, 0) is 9.59 Å². The molecule has 1 atom stereocenters. The van der Waals surface area contributed by atoms with Crippen LogP contribution in [0.4, 0.5) is 4.39 Å². The second-order valence-electron chi connectivity index (χ2n) is 3.78. The van der Waals surface area contributed by atoms with Gasteiger partial charge in [0.15, 0.2) is 0 Å². The SMILES string of the molecule is NC(=O)CC(NC(=O)c1cc(F)c(Cl)cc1Cl)C(=O)O. The summed E-state index contributed by atoms with van der Waals surface area (Å²) in [6.45, 7) is 0. The highest BCUT2D eigenvalue weighted by molar-refractivity contribution is 6.36. The highest BCUT2D eigenvalue weighted by atomic mass is 35.5. The van der Waals surface area contributed by atoms with E-state index in [0.717, 1.165) is 12.1 Å². The Morgan fingerprint density at radius 3 is 2.40 bits per heavy atom. The van der Waals surface area contributed by atoms with Crippen LogP contribution in [0, 0.1) is 5.82 Å². The first-order valence-corrected chi connectivity index (χ1v) is 5.94. The Bertz CT molecular complexity index is 580. The molecule has 20 heavy (non-hydrogen) atoms. The third-order valence-electron chi connectivity index (χ3n) is 2.26. The van der Waals surface area contributed by atoms with Crippen LogP contribution in [0.5, 0.6) is 0 Å². The molecule has 0 heterocycles. The van der Waals surface area contributed by atoms with E-state index in [9.17, 15) is 18.8 Å². The average molecular weight is 323 g/mol. The number of nitrogens with two attached hydrogens (primary N) is 1. The largest absolute Gasteiger partial charge is 0.480 e. The Balaban J connectivity index is 2.97. The predicted octanol–water partition coefficient (Wildman–Crippen LogP) is 1.19. The van der Waals surface area contributed by atoms with E-state index in [4.69, 9.17) is 34.0 Å². The second-order valence-corrected chi connectivity index (χ2v) is 4.60. The summed E-state index contributed by atoms with van der Waals surface area (Å²) >= 11 is 11.2. The maximum absolute atomic E-state index is 13.3. The van der Waals surface area contributed by atoms with Gasteiger partial charge in [-0.05, 0) is 12.1 Å². The summed E-state index contributed by atoms with van der Waals surface area (Å²) in [5.74, 6) is -4.21. The van der Waals surface area contributed by atoms with E-state index >= 15 is 0 Å². The van der Waals surface area contributed by atoms with Gasteiger partial charge in [-0.15, -0.1) is 0 Å². The van der Waals surface area contributed by atoms with Crippen LogP contribution in [-0.4, -0.2) is 28.9 Å². The van der Waals surface area contributed by atoms with E-state index in [-0.39, 0.29) is 15.6 Å². The van der Waals surface area contributed by atoms with Crippen molar-refractivity contribution in [2.24, 2.45) is 5.73 Å². The van der Waals surface area contributed by atoms with Crippen LogP contribution in [0.1, 0.15) is 16.8 Å². The van der Waals surface area contributed by atoms with Gasteiger partial charge in [0.25, 0.3) is 5.91 Å². The molecule has 0 saturated heterocycles. The molecule has 1 aromatic carbocycles. The van der Waals surface area contributed by atoms with Crippen molar-refractivity contribution in [2.45, 2.75) is 12.5 Å². The Labute approximate surface area is 122 Å². The summed E-state index contributed by atoms with van der Waals surface area (Å²) in [4.78, 5) is 33.4. The molecule has 6 nitrogen and oxygen atoms in total. The van der Waals surface area contributed by atoms with Gasteiger partial charge >= 0.3 is 5.97 Å². The summed E-state index contributed by atoms with van der Waals surface area (Å²) in [7, 11) is 0. The Morgan fingerprint density at radius 1 is 1.30 bits per heavy atom. The van der Waals surface area contributed by atoms with E-state index in [2.05, 4.69) is 0 Å². The standard InChI is InChI=1S/C11H9Cl2FN2O4/c12-5-2-6(13)7(14)1-4(5)10(18)16-8(11(19)20)3-9(15)17/h1-2,8H,3H2,(H2,15,17)(H,16,18)(H,19,20). The normalized spacial score (nSPS) is 11.8. The Hall–Kier alpha value is -1.86. The molecule has 2 amide bonds. The molecule has 0 aliphatic heterocycles. The minimum Gasteiger partial charge on any atom is -0.480 e. The number of carboxylic acids is 1. The van der Waals surface area contributed by atoms with Gasteiger partial charge in [0.1, 0.15) is 11.9 Å². The molecule has 0 radical (unpaired) electrons. The van der Waals surface area contributed by atoms with Gasteiger partial charge in [-0.3, -0.25) is 9.59 Å². The molecule has 0 aliphatic rings. The van der Waals surface area contributed by atoms with Crippen molar-refractivity contribution in [3.8, 4) is 0 Å². The van der Waals surface area contributed by atoms with Gasteiger partial charge in [0.2, 0.25) is 5.91 Å². The van der Waals surface area contributed by atoms with E-state index in [1.807, 2.05) is 5.32 Å². The van der Waals surface area contributed by atoms with Gasteiger partial charge in [-0.1, -0.05) is 23.2 Å². The fourth-order valence-electron chi connectivity index (χ4n) is 1.33. The zero-order chi connectivity index (χ0) is 15.4. The highest BCUT2D eigenvalue weighted by Crippen LogP contribution is 2.24. The molecule has 0 saturated carbocycles. The maximum Gasteiger partial charge on any atom is 0.326 e. The monoisotopic (exact) mass is 322 g/mol. The molecule has 0 aliphatic carbocycles. The van der Waals surface area contributed by atoms with Crippen LogP contribution in [0.25, 0.3) is 0 Å². The van der Waals surface area contributed by atoms with Crippen molar-refractivity contribution in [3.05, 3.63) is 33.6 Å². The summed E-state index contributed by atoms with van der Waals surface area (Å²) in [5, 5.41) is 10.4. The number of amides is 2. The van der Waals surface area contributed by atoms with Crippen LogP contribution in [0.3, 0.4) is 0 Å². The molecular weight excluding hydrogens is 314 g/mol. The summed E-state index contributed by atoms with van der Waals surface area (Å²) in [6, 6.07) is 0.246. The van der Waals surface area contributed by atoms with Crippen molar-refractivity contribution in [3.63, 3.8) is 0 Å². The zero-order valence-electron chi connectivity index (χ0n) is 9.82.